The molecular weight excluding hydrogens is 385 g/mol. The normalized spacial score (nSPS) is 15.5. The van der Waals surface area contributed by atoms with Crippen LogP contribution in [0.3, 0.4) is 0 Å². The van der Waals surface area contributed by atoms with E-state index in [9.17, 15) is 18.0 Å². The van der Waals surface area contributed by atoms with Gasteiger partial charge in [-0.05, 0) is 30.5 Å². The second-order valence-corrected chi connectivity index (χ2v) is 7.78. The first kappa shape index (κ1) is 19.0. The summed E-state index contributed by atoms with van der Waals surface area (Å²) in [5.41, 5.74) is 1.46. The zero-order valence-electron chi connectivity index (χ0n) is 13.9. The molecule has 1 amide bonds. The van der Waals surface area contributed by atoms with Gasteiger partial charge in [-0.25, -0.2) is 4.98 Å². The van der Waals surface area contributed by atoms with Crippen LogP contribution in [-0.2, 0) is 23.9 Å². The second-order valence-electron chi connectivity index (χ2n) is 6.05. The van der Waals surface area contributed by atoms with E-state index in [1.54, 1.807) is 11.8 Å². The fourth-order valence-electron chi connectivity index (χ4n) is 2.83. The van der Waals surface area contributed by atoms with E-state index < -0.39 is 17.0 Å². The van der Waals surface area contributed by atoms with Crippen LogP contribution in [0.1, 0.15) is 23.6 Å². The monoisotopic (exact) mass is 400 g/mol. The largest absolute Gasteiger partial charge is 0.417 e. The predicted molar refractivity (Wildman–Crippen MR) is 95.1 cm³/mol. The van der Waals surface area contributed by atoms with E-state index in [0.717, 1.165) is 36.0 Å². The molecule has 1 aromatic heterocycles. The van der Waals surface area contributed by atoms with Crippen molar-refractivity contribution >= 4 is 29.3 Å². The van der Waals surface area contributed by atoms with Crippen molar-refractivity contribution in [3.8, 4) is 0 Å². The number of nitrogens with zero attached hydrogens (tertiary/aromatic N) is 2. The van der Waals surface area contributed by atoms with Crippen molar-refractivity contribution in [2.24, 2.45) is 0 Å². The molecule has 3 rings (SSSR count). The molecular formula is C18H16ClF3N2OS. The Kier molecular flexibility index (Phi) is 5.48. The van der Waals surface area contributed by atoms with E-state index in [-0.39, 0.29) is 16.0 Å². The number of halogens is 4. The molecule has 0 saturated carbocycles. The number of hydrogen-bond acceptors (Lipinski definition) is 3. The van der Waals surface area contributed by atoms with Crippen LogP contribution in [-0.4, -0.2) is 27.6 Å². The minimum atomic E-state index is -4.50. The summed E-state index contributed by atoms with van der Waals surface area (Å²) in [6.45, 7) is 2.87. The van der Waals surface area contributed by atoms with E-state index in [4.69, 9.17) is 11.6 Å². The molecule has 26 heavy (non-hydrogen) atoms. The molecule has 138 valence electrons. The number of carbonyl (C=O) groups excluding carboxylic acids is 1. The lowest BCUT2D eigenvalue weighted by molar-refractivity contribution is -0.138. The molecule has 8 heteroatoms. The summed E-state index contributed by atoms with van der Waals surface area (Å²) >= 11 is 7.00. The van der Waals surface area contributed by atoms with Gasteiger partial charge in [0, 0.05) is 19.3 Å². The molecule has 1 aromatic carbocycles. The lowest BCUT2D eigenvalue weighted by atomic mass is 10.00. The van der Waals surface area contributed by atoms with E-state index in [1.807, 2.05) is 18.2 Å². The smallest absolute Gasteiger partial charge is 0.337 e. The Balaban J connectivity index is 1.69. The SMILES string of the molecule is C[C@@H](Sc1ncc(C(F)(F)F)cc1Cl)C(=O)N1CCc2ccccc2C1. The van der Waals surface area contributed by atoms with Crippen LogP contribution in [0, 0.1) is 0 Å². The molecule has 0 aliphatic carbocycles. The van der Waals surface area contributed by atoms with Gasteiger partial charge in [-0.15, -0.1) is 0 Å². The highest BCUT2D eigenvalue weighted by atomic mass is 35.5. The highest BCUT2D eigenvalue weighted by Crippen LogP contribution is 2.35. The number of pyridine rings is 1. The number of fused-ring (bicyclic) bond motifs is 1. The maximum absolute atomic E-state index is 12.7. The number of aromatic nitrogens is 1. The number of amides is 1. The third-order valence-electron chi connectivity index (χ3n) is 4.21. The van der Waals surface area contributed by atoms with Gasteiger partial charge < -0.3 is 4.90 Å². The Morgan fingerprint density at radius 1 is 1.31 bits per heavy atom. The van der Waals surface area contributed by atoms with Crippen molar-refractivity contribution < 1.29 is 18.0 Å². The van der Waals surface area contributed by atoms with Crippen LogP contribution in [0.2, 0.25) is 5.02 Å². The average Bonchev–Trinajstić information content (AvgIpc) is 2.61. The van der Waals surface area contributed by atoms with Crippen molar-refractivity contribution in [2.75, 3.05) is 6.54 Å². The molecule has 2 aromatic rings. The topological polar surface area (TPSA) is 33.2 Å². The second kappa shape index (κ2) is 7.48. The summed E-state index contributed by atoms with van der Waals surface area (Å²) in [7, 11) is 0. The fourth-order valence-corrected chi connectivity index (χ4v) is 4.00. The van der Waals surface area contributed by atoms with E-state index in [2.05, 4.69) is 11.1 Å². The van der Waals surface area contributed by atoms with Crippen LogP contribution in [0.25, 0.3) is 0 Å². The Morgan fingerprint density at radius 3 is 2.65 bits per heavy atom. The minimum Gasteiger partial charge on any atom is -0.337 e. The zero-order chi connectivity index (χ0) is 18.9. The number of alkyl halides is 3. The minimum absolute atomic E-state index is 0.0812. The molecule has 0 saturated heterocycles. The molecule has 1 atom stereocenters. The molecule has 0 unspecified atom stereocenters. The van der Waals surface area contributed by atoms with Crippen LogP contribution in [0.15, 0.2) is 41.6 Å². The Bertz CT molecular complexity index is 828. The molecule has 3 nitrogen and oxygen atoms in total. The fraction of sp³-hybridized carbons (Fsp3) is 0.333. The Labute approximate surface area is 158 Å². The van der Waals surface area contributed by atoms with Gasteiger partial charge in [0.15, 0.2) is 0 Å². The van der Waals surface area contributed by atoms with Crippen molar-refractivity contribution in [1.29, 1.82) is 0 Å². The third kappa shape index (κ3) is 4.15. The van der Waals surface area contributed by atoms with Crippen LogP contribution >= 0.6 is 23.4 Å². The predicted octanol–water partition coefficient (Wildman–Crippen LogP) is 4.82. The summed E-state index contributed by atoms with van der Waals surface area (Å²) in [5.74, 6) is -0.0812. The first-order chi connectivity index (χ1) is 12.3. The van der Waals surface area contributed by atoms with Crippen molar-refractivity contribution in [3.05, 3.63) is 58.2 Å². The van der Waals surface area contributed by atoms with Gasteiger partial charge in [0.25, 0.3) is 0 Å². The zero-order valence-corrected chi connectivity index (χ0v) is 15.5. The van der Waals surface area contributed by atoms with Gasteiger partial charge in [0.05, 0.1) is 15.8 Å². The van der Waals surface area contributed by atoms with Gasteiger partial charge in [-0.2, -0.15) is 13.2 Å². The summed E-state index contributed by atoms with van der Waals surface area (Å²) in [5, 5.41) is -0.381. The highest BCUT2D eigenvalue weighted by Gasteiger charge is 2.32. The first-order valence-electron chi connectivity index (χ1n) is 8.00. The van der Waals surface area contributed by atoms with Crippen LogP contribution in [0.5, 0.6) is 0 Å². The Morgan fingerprint density at radius 2 is 2.00 bits per heavy atom. The van der Waals surface area contributed by atoms with Gasteiger partial charge in [0.1, 0.15) is 5.03 Å². The Hall–Kier alpha value is -1.73. The van der Waals surface area contributed by atoms with E-state index in [1.165, 1.54) is 5.56 Å². The quantitative estimate of drug-likeness (QED) is 0.692. The number of hydrogen-bond donors (Lipinski definition) is 0. The van der Waals surface area contributed by atoms with Gasteiger partial charge in [0.2, 0.25) is 5.91 Å². The molecule has 2 heterocycles. The van der Waals surface area contributed by atoms with Crippen LogP contribution in [0.4, 0.5) is 13.2 Å². The summed E-state index contributed by atoms with van der Waals surface area (Å²) < 4.78 is 38.1. The standard InChI is InChI=1S/C18H16ClF3N2OS/c1-11(26-16-15(19)8-14(9-23-16)18(20,21)22)17(25)24-7-6-12-4-2-3-5-13(12)10-24/h2-5,8-9,11H,6-7,10H2,1H3/t11-/m1/s1. The number of rotatable bonds is 3. The van der Waals surface area contributed by atoms with E-state index >= 15 is 0 Å². The molecule has 1 aliphatic rings. The maximum atomic E-state index is 12.7. The summed E-state index contributed by atoms with van der Waals surface area (Å²) in [6, 6.07) is 8.82. The summed E-state index contributed by atoms with van der Waals surface area (Å²) in [6.07, 6.45) is -2.97. The van der Waals surface area contributed by atoms with Gasteiger partial charge in [-0.1, -0.05) is 47.6 Å². The molecule has 0 N–H and O–H groups in total. The third-order valence-corrected chi connectivity index (χ3v) is 5.72. The maximum Gasteiger partial charge on any atom is 0.417 e. The number of thioether (sulfide) groups is 1. The highest BCUT2D eigenvalue weighted by molar-refractivity contribution is 8.00. The molecule has 0 spiro atoms. The lowest BCUT2D eigenvalue weighted by Gasteiger charge is -2.30. The van der Waals surface area contributed by atoms with Gasteiger partial charge >= 0.3 is 6.18 Å². The molecule has 1 aliphatic heterocycles. The molecule has 0 bridgehead atoms. The molecule has 0 radical (unpaired) electrons. The summed E-state index contributed by atoms with van der Waals surface area (Å²) in [4.78, 5) is 18.3. The molecule has 0 fully saturated rings. The number of benzene rings is 1. The average molecular weight is 401 g/mol. The first-order valence-corrected chi connectivity index (χ1v) is 9.26. The van der Waals surface area contributed by atoms with Gasteiger partial charge in [-0.3, -0.25) is 4.79 Å². The van der Waals surface area contributed by atoms with Crippen molar-refractivity contribution in [1.82, 2.24) is 9.88 Å². The number of carbonyl (C=O) groups is 1. The van der Waals surface area contributed by atoms with E-state index in [0.29, 0.717) is 13.1 Å². The van der Waals surface area contributed by atoms with Crippen molar-refractivity contribution in [3.63, 3.8) is 0 Å². The lowest BCUT2D eigenvalue weighted by Crippen LogP contribution is -2.40. The van der Waals surface area contributed by atoms with Crippen LogP contribution < -0.4 is 0 Å². The van der Waals surface area contributed by atoms with Crippen molar-refractivity contribution in [2.45, 2.75) is 36.3 Å².